The third-order valence-electron chi connectivity index (χ3n) is 6.23. The molecule has 2 amide bonds. The third kappa shape index (κ3) is 5.66. The molecule has 0 atom stereocenters. The Morgan fingerprint density at radius 1 is 1.15 bits per heavy atom. The topological polar surface area (TPSA) is 125 Å². The number of ether oxygens (including phenoxy) is 1. The largest absolute Gasteiger partial charge is 0.486 e. The Morgan fingerprint density at radius 2 is 1.93 bits per heavy atom. The normalized spacial score (nSPS) is 11.7. The van der Waals surface area contributed by atoms with Crippen LogP contribution in [0.3, 0.4) is 0 Å². The van der Waals surface area contributed by atoms with Crippen LogP contribution >= 0.6 is 11.3 Å². The molecule has 0 aliphatic heterocycles. The number of amides is 2. The molecule has 0 radical (unpaired) electrons. The Balaban J connectivity index is 1.54. The zero-order valence-corrected chi connectivity index (χ0v) is 22.9. The van der Waals surface area contributed by atoms with Gasteiger partial charge in [0, 0.05) is 23.7 Å². The van der Waals surface area contributed by atoms with Crippen molar-refractivity contribution in [2.24, 2.45) is 5.73 Å². The van der Waals surface area contributed by atoms with Crippen molar-refractivity contribution in [2.75, 3.05) is 5.32 Å². The van der Waals surface area contributed by atoms with E-state index >= 15 is 0 Å². The van der Waals surface area contributed by atoms with Crippen LogP contribution in [0, 0.1) is 13.8 Å². The zero-order chi connectivity index (χ0) is 29.5. The zero-order valence-electron chi connectivity index (χ0n) is 22.1. The number of benzene rings is 1. The number of alkyl halides is 3. The van der Waals surface area contributed by atoms with E-state index in [9.17, 15) is 22.8 Å². The van der Waals surface area contributed by atoms with Crippen molar-refractivity contribution in [3.05, 3.63) is 82.0 Å². The SMILES string of the molecule is CCn1cc(-c2cc(C(F)(F)F)nc3sc(C(N)=O)c(NC(=O)c4ccc(COc5cccc(C)c5)o4)c23)c(C)n1. The molecule has 0 saturated heterocycles. The highest BCUT2D eigenvalue weighted by Crippen LogP contribution is 2.44. The van der Waals surface area contributed by atoms with E-state index in [1.807, 2.05) is 32.0 Å². The molecule has 41 heavy (non-hydrogen) atoms. The summed E-state index contributed by atoms with van der Waals surface area (Å²) in [5.74, 6) is -0.778. The van der Waals surface area contributed by atoms with Crippen molar-refractivity contribution in [2.45, 2.75) is 40.1 Å². The van der Waals surface area contributed by atoms with E-state index in [0.717, 1.165) is 11.6 Å². The molecule has 4 heterocycles. The number of hydrogen-bond donors (Lipinski definition) is 2. The predicted molar refractivity (Wildman–Crippen MR) is 147 cm³/mol. The van der Waals surface area contributed by atoms with Crippen molar-refractivity contribution in [1.82, 2.24) is 14.8 Å². The van der Waals surface area contributed by atoms with E-state index < -0.39 is 23.7 Å². The van der Waals surface area contributed by atoms with Crippen molar-refractivity contribution in [3.8, 4) is 16.9 Å². The molecule has 212 valence electrons. The van der Waals surface area contributed by atoms with Crippen molar-refractivity contribution < 1.29 is 31.9 Å². The molecule has 13 heteroatoms. The molecule has 0 bridgehead atoms. The average molecular weight is 584 g/mol. The van der Waals surface area contributed by atoms with Gasteiger partial charge < -0.3 is 20.2 Å². The van der Waals surface area contributed by atoms with Crippen LogP contribution in [0.25, 0.3) is 21.3 Å². The third-order valence-corrected chi connectivity index (χ3v) is 7.33. The number of aromatic nitrogens is 3. The average Bonchev–Trinajstić information content (AvgIpc) is 3.63. The molecule has 3 N–H and O–H groups in total. The molecule has 5 rings (SSSR count). The standard InChI is InChI=1S/C28H24F3N5O4S/c1-4-36-12-19(15(3)35-36)18-11-21(28(29,30)31)33-27-22(18)23(24(41-27)25(32)37)34-26(38)20-9-8-17(40-20)13-39-16-7-5-6-14(2)10-16/h5-12H,4,13H2,1-3H3,(H2,32,37)(H,34,38). The molecule has 4 aromatic heterocycles. The smallest absolute Gasteiger partial charge is 0.433 e. The Bertz CT molecular complexity index is 1790. The first-order valence-electron chi connectivity index (χ1n) is 12.4. The minimum Gasteiger partial charge on any atom is -0.486 e. The summed E-state index contributed by atoms with van der Waals surface area (Å²) in [6, 6.07) is 11.3. The summed E-state index contributed by atoms with van der Waals surface area (Å²) in [7, 11) is 0. The van der Waals surface area contributed by atoms with Crippen LogP contribution in [0.15, 0.2) is 53.1 Å². The van der Waals surface area contributed by atoms with Crippen LogP contribution < -0.4 is 15.8 Å². The number of nitrogens with zero attached hydrogens (tertiary/aromatic N) is 3. The summed E-state index contributed by atoms with van der Waals surface area (Å²) in [5.41, 5.74) is 6.35. The number of anilines is 1. The maximum atomic E-state index is 13.8. The van der Waals surface area contributed by atoms with Crippen LogP contribution in [0.1, 0.15) is 49.9 Å². The number of primary amides is 1. The molecule has 0 unspecified atom stereocenters. The summed E-state index contributed by atoms with van der Waals surface area (Å²) >= 11 is 0.661. The molecule has 0 aliphatic carbocycles. The first-order chi connectivity index (χ1) is 19.4. The number of furan rings is 1. The minimum absolute atomic E-state index is 0.0552. The van der Waals surface area contributed by atoms with Gasteiger partial charge in [0.2, 0.25) is 0 Å². The highest BCUT2D eigenvalue weighted by atomic mass is 32.1. The molecular formula is C28H24F3N5O4S. The highest BCUT2D eigenvalue weighted by Gasteiger charge is 2.35. The maximum Gasteiger partial charge on any atom is 0.433 e. The number of nitrogens with two attached hydrogens (primary N) is 1. The number of pyridine rings is 1. The molecule has 0 spiro atoms. The number of hydrogen-bond acceptors (Lipinski definition) is 7. The lowest BCUT2D eigenvalue weighted by molar-refractivity contribution is -0.140. The number of carbonyl (C=O) groups excluding carboxylic acids is 2. The van der Waals surface area contributed by atoms with E-state index in [1.54, 1.807) is 29.9 Å². The minimum atomic E-state index is -4.76. The molecular weight excluding hydrogens is 559 g/mol. The fourth-order valence-electron chi connectivity index (χ4n) is 4.31. The van der Waals surface area contributed by atoms with Crippen molar-refractivity contribution in [3.63, 3.8) is 0 Å². The Kier molecular flexibility index (Phi) is 7.30. The number of nitrogens with one attached hydrogen (secondary N) is 1. The summed E-state index contributed by atoms with van der Waals surface area (Å²) in [6.07, 6.45) is -3.16. The number of thiophene rings is 1. The summed E-state index contributed by atoms with van der Waals surface area (Å²) < 4.78 is 54.4. The highest BCUT2D eigenvalue weighted by molar-refractivity contribution is 7.21. The maximum absolute atomic E-state index is 13.8. The van der Waals surface area contributed by atoms with Crippen LogP contribution in [-0.2, 0) is 19.3 Å². The van der Waals surface area contributed by atoms with E-state index in [1.165, 1.54) is 6.07 Å². The fraction of sp³-hybridized carbons (Fsp3) is 0.214. The van der Waals surface area contributed by atoms with E-state index in [2.05, 4.69) is 15.4 Å². The second kappa shape index (κ2) is 10.7. The van der Waals surface area contributed by atoms with Gasteiger partial charge >= 0.3 is 6.18 Å². The van der Waals surface area contributed by atoms with Gasteiger partial charge in [-0.05, 0) is 62.2 Å². The van der Waals surface area contributed by atoms with Crippen molar-refractivity contribution >= 4 is 39.1 Å². The Hall–Kier alpha value is -4.65. The summed E-state index contributed by atoms with van der Waals surface area (Å²) in [4.78, 5) is 29.1. The quantitative estimate of drug-likeness (QED) is 0.220. The monoisotopic (exact) mass is 583 g/mol. The number of rotatable bonds is 8. The molecule has 0 fully saturated rings. The van der Waals surface area contributed by atoms with Crippen LogP contribution in [0.4, 0.5) is 18.9 Å². The van der Waals surface area contributed by atoms with E-state index in [4.69, 9.17) is 14.9 Å². The number of aryl methyl sites for hydroxylation is 3. The van der Waals surface area contributed by atoms with E-state index in [-0.39, 0.29) is 38.7 Å². The van der Waals surface area contributed by atoms with Gasteiger partial charge in [-0.25, -0.2) is 4.98 Å². The fourth-order valence-corrected chi connectivity index (χ4v) is 5.31. The lowest BCUT2D eigenvalue weighted by Gasteiger charge is -2.11. The molecule has 9 nitrogen and oxygen atoms in total. The van der Waals surface area contributed by atoms with Gasteiger partial charge in [0.25, 0.3) is 11.8 Å². The van der Waals surface area contributed by atoms with Gasteiger partial charge in [0.15, 0.2) is 5.76 Å². The van der Waals surface area contributed by atoms with Gasteiger partial charge in [-0.15, -0.1) is 11.3 Å². The van der Waals surface area contributed by atoms with Gasteiger partial charge in [-0.2, -0.15) is 18.3 Å². The summed E-state index contributed by atoms with van der Waals surface area (Å²) in [6.45, 7) is 5.96. The Morgan fingerprint density at radius 3 is 2.59 bits per heavy atom. The second-order valence-corrected chi connectivity index (χ2v) is 10.2. The van der Waals surface area contributed by atoms with Crippen LogP contribution in [0.5, 0.6) is 5.75 Å². The number of carbonyl (C=O) groups is 2. The second-order valence-electron chi connectivity index (χ2n) is 9.21. The predicted octanol–water partition coefficient (Wildman–Crippen LogP) is 6.34. The molecule has 5 aromatic rings. The number of fused-ring (bicyclic) bond motifs is 1. The van der Waals surface area contributed by atoms with E-state index in [0.29, 0.717) is 40.6 Å². The van der Waals surface area contributed by atoms with Crippen LogP contribution in [-0.4, -0.2) is 26.6 Å². The van der Waals surface area contributed by atoms with Crippen LogP contribution in [0.2, 0.25) is 0 Å². The number of halogens is 3. The molecule has 0 aliphatic rings. The molecule has 0 saturated carbocycles. The lowest BCUT2D eigenvalue weighted by atomic mass is 10.0. The Labute approximate surface area is 235 Å². The first kappa shape index (κ1) is 27.9. The first-order valence-corrected chi connectivity index (χ1v) is 13.2. The van der Waals surface area contributed by atoms with Crippen molar-refractivity contribution in [1.29, 1.82) is 0 Å². The van der Waals surface area contributed by atoms with Gasteiger partial charge in [0.1, 0.15) is 33.5 Å². The molecule has 1 aromatic carbocycles. The van der Waals surface area contributed by atoms with Gasteiger partial charge in [0.05, 0.1) is 11.4 Å². The van der Waals surface area contributed by atoms with Gasteiger partial charge in [-0.1, -0.05) is 12.1 Å². The lowest BCUT2D eigenvalue weighted by Crippen LogP contribution is -2.16. The summed E-state index contributed by atoms with van der Waals surface area (Å²) in [5, 5.41) is 7.10. The van der Waals surface area contributed by atoms with Gasteiger partial charge in [-0.3, -0.25) is 14.3 Å².